The van der Waals surface area contributed by atoms with E-state index in [1.54, 1.807) is 7.11 Å². The Morgan fingerprint density at radius 3 is 2.61 bits per heavy atom. The zero-order valence-corrected chi connectivity index (χ0v) is 16.7. The summed E-state index contributed by atoms with van der Waals surface area (Å²) in [6.07, 6.45) is 0. The van der Waals surface area contributed by atoms with Crippen LogP contribution in [0.25, 0.3) is 0 Å². The second kappa shape index (κ2) is 8.50. The molecular formula is C17H20N2O7S2. The fourth-order valence-corrected chi connectivity index (χ4v) is 7.08. The largest absolute Gasteiger partial charge is 0.497 e. The first-order chi connectivity index (χ1) is 13.3. The number of carboxylic acid groups (broad SMARTS) is 1. The van der Waals surface area contributed by atoms with Gasteiger partial charge in [0, 0.05) is 11.8 Å². The first-order valence-electron chi connectivity index (χ1n) is 8.45. The van der Waals surface area contributed by atoms with Gasteiger partial charge in [0.25, 0.3) is 5.91 Å². The molecule has 9 nitrogen and oxygen atoms in total. The van der Waals surface area contributed by atoms with E-state index in [9.17, 15) is 18.0 Å². The number of hydrogen-bond acceptors (Lipinski definition) is 7. The van der Waals surface area contributed by atoms with Crippen LogP contribution in [-0.2, 0) is 30.7 Å². The number of amidine groups is 1. The predicted octanol–water partition coefficient (Wildman–Crippen LogP) is 0.393. The topological polar surface area (TPSA) is 123 Å². The molecule has 2 saturated heterocycles. The minimum Gasteiger partial charge on any atom is -0.497 e. The van der Waals surface area contributed by atoms with Crippen LogP contribution in [0.5, 0.6) is 5.75 Å². The molecule has 1 N–H and O–H groups in total. The highest BCUT2D eigenvalue weighted by Gasteiger charge is 2.48. The molecule has 152 valence electrons. The van der Waals surface area contributed by atoms with E-state index in [2.05, 4.69) is 4.99 Å². The van der Waals surface area contributed by atoms with Crippen molar-refractivity contribution in [3.8, 4) is 5.75 Å². The van der Waals surface area contributed by atoms with Gasteiger partial charge in [-0.15, -0.1) is 0 Å². The van der Waals surface area contributed by atoms with Gasteiger partial charge in [0.15, 0.2) is 15.0 Å². The van der Waals surface area contributed by atoms with Crippen LogP contribution in [0, 0.1) is 0 Å². The number of aliphatic carboxylic acids is 1. The van der Waals surface area contributed by atoms with Gasteiger partial charge in [-0.05, 0) is 17.7 Å². The van der Waals surface area contributed by atoms with Gasteiger partial charge in [0.2, 0.25) is 0 Å². The standard InChI is InChI=1S/C17H20N2O7S2/c1-25-12-4-2-11(3-5-12)6-19-13-9-28(23,24)10-14(13)27-17(19)18-15(20)7-26-8-16(21)22/h2-5,13-14H,6-10H2,1H3,(H,21,22)/t13-,14-/m0/s1. The maximum atomic E-state index is 12.0. The number of aliphatic imine (C=N–C) groups is 1. The van der Waals surface area contributed by atoms with Crippen LogP contribution in [0.2, 0.25) is 0 Å². The molecule has 0 bridgehead atoms. The van der Waals surface area contributed by atoms with Crippen molar-refractivity contribution in [1.82, 2.24) is 4.90 Å². The summed E-state index contributed by atoms with van der Waals surface area (Å²) < 4.78 is 34.0. The minimum atomic E-state index is -3.13. The molecule has 11 heteroatoms. The monoisotopic (exact) mass is 428 g/mol. The number of carbonyl (C=O) groups is 2. The second-order valence-electron chi connectivity index (χ2n) is 6.45. The summed E-state index contributed by atoms with van der Waals surface area (Å²) >= 11 is 1.27. The van der Waals surface area contributed by atoms with Crippen LogP contribution in [-0.4, -0.2) is 78.6 Å². The molecule has 28 heavy (non-hydrogen) atoms. The van der Waals surface area contributed by atoms with E-state index in [0.29, 0.717) is 17.5 Å². The Hall–Kier alpha value is -2.11. The van der Waals surface area contributed by atoms with E-state index in [0.717, 1.165) is 5.56 Å². The van der Waals surface area contributed by atoms with E-state index in [1.165, 1.54) is 11.8 Å². The maximum absolute atomic E-state index is 12.0. The number of amides is 1. The molecule has 0 radical (unpaired) electrons. The normalized spacial score (nSPS) is 24.3. The quantitative estimate of drug-likeness (QED) is 0.657. The van der Waals surface area contributed by atoms with Crippen molar-refractivity contribution in [2.24, 2.45) is 4.99 Å². The van der Waals surface area contributed by atoms with Crippen LogP contribution in [0.15, 0.2) is 29.3 Å². The molecule has 2 atom stereocenters. The highest BCUT2D eigenvalue weighted by atomic mass is 32.2. The van der Waals surface area contributed by atoms with Gasteiger partial charge < -0.3 is 19.5 Å². The van der Waals surface area contributed by atoms with Crippen LogP contribution >= 0.6 is 11.8 Å². The van der Waals surface area contributed by atoms with Crippen LogP contribution < -0.4 is 4.74 Å². The molecule has 2 aliphatic heterocycles. The lowest BCUT2D eigenvalue weighted by molar-refractivity contribution is -0.143. The number of carbonyl (C=O) groups excluding carboxylic acids is 1. The highest BCUT2D eigenvalue weighted by molar-refractivity contribution is 8.15. The van der Waals surface area contributed by atoms with Gasteiger partial charge in [-0.25, -0.2) is 13.2 Å². The fraction of sp³-hybridized carbons (Fsp3) is 0.471. The van der Waals surface area contributed by atoms with E-state index in [1.807, 2.05) is 29.2 Å². The van der Waals surface area contributed by atoms with Crippen LogP contribution in [0.3, 0.4) is 0 Å². The second-order valence-corrected chi connectivity index (χ2v) is 9.81. The lowest BCUT2D eigenvalue weighted by Gasteiger charge is -2.24. The Bertz CT molecular complexity index is 883. The summed E-state index contributed by atoms with van der Waals surface area (Å²) in [5.74, 6) is -1.00. The van der Waals surface area contributed by atoms with Gasteiger partial charge in [0.05, 0.1) is 24.7 Å². The van der Waals surface area contributed by atoms with E-state index in [4.69, 9.17) is 14.6 Å². The lowest BCUT2D eigenvalue weighted by atomic mass is 10.1. The molecule has 3 rings (SSSR count). The zero-order chi connectivity index (χ0) is 20.3. The smallest absolute Gasteiger partial charge is 0.329 e. The summed E-state index contributed by atoms with van der Waals surface area (Å²) in [5.41, 5.74) is 0.925. The summed E-state index contributed by atoms with van der Waals surface area (Å²) in [4.78, 5) is 28.4. The van der Waals surface area contributed by atoms with E-state index in [-0.39, 0.29) is 22.8 Å². The molecule has 1 aromatic carbocycles. The lowest BCUT2D eigenvalue weighted by Crippen LogP contribution is -2.37. The van der Waals surface area contributed by atoms with Crippen molar-refractivity contribution in [2.45, 2.75) is 17.8 Å². The Balaban J connectivity index is 1.76. The number of hydrogen-bond donors (Lipinski definition) is 1. The Morgan fingerprint density at radius 1 is 1.25 bits per heavy atom. The van der Waals surface area contributed by atoms with Gasteiger partial charge >= 0.3 is 5.97 Å². The Labute approximate surface area is 166 Å². The SMILES string of the molecule is COc1ccc(CN2C(=NC(=O)COCC(=O)O)S[C@H]3CS(=O)(=O)C[C@@H]32)cc1. The number of sulfone groups is 1. The molecule has 0 aliphatic carbocycles. The van der Waals surface area contributed by atoms with Gasteiger partial charge in [-0.1, -0.05) is 23.9 Å². The first-order valence-corrected chi connectivity index (χ1v) is 11.2. The molecule has 2 aliphatic rings. The molecule has 1 aromatic rings. The maximum Gasteiger partial charge on any atom is 0.329 e. The van der Waals surface area contributed by atoms with Crippen molar-refractivity contribution in [2.75, 3.05) is 31.8 Å². The third-order valence-corrected chi connectivity index (χ3v) is 7.61. The third-order valence-electron chi connectivity index (χ3n) is 4.36. The Morgan fingerprint density at radius 2 is 1.96 bits per heavy atom. The van der Waals surface area contributed by atoms with E-state index < -0.39 is 34.9 Å². The number of ether oxygens (including phenoxy) is 2. The van der Waals surface area contributed by atoms with E-state index >= 15 is 0 Å². The molecule has 0 aromatic heterocycles. The molecular weight excluding hydrogens is 408 g/mol. The number of rotatable bonds is 7. The van der Waals surface area contributed by atoms with Gasteiger partial charge in [-0.2, -0.15) is 4.99 Å². The van der Waals surface area contributed by atoms with Crippen molar-refractivity contribution in [3.63, 3.8) is 0 Å². The highest BCUT2D eigenvalue weighted by Crippen LogP contribution is 2.39. The zero-order valence-electron chi connectivity index (χ0n) is 15.1. The van der Waals surface area contributed by atoms with Gasteiger partial charge in [0.1, 0.15) is 19.0 Å². The summed E-state index contributed by atoms with van der Waals surface area (Å²) in [7, 11) is -1.56. The third kappa shape index (κ3) is 5.03. The van der Waals surface area contributed by atoms with Crippen molar-refractivity contribution in [1.29, 1.82) is 0 Å². The predicted molar refractivity (Wildman–Crippen MR) is 103 cm³/mol. The minimum absolute atomic E-state index is 0.0174. The number of fused-ring (bicyclic) bond motifs is 1. The Kier molecular flexibility index (Phi) is 6.26. The molecule has 0 saturated carbocycles. The van der Waals surface area contributed by atoms with Crippen LogP contribution in [0.4, 0.5) is 0 Å². The van der Waals surface area contributed by atoms with Crippen LogP contribution in [0.1, 0.15) is 5.56 Å². The summed E-state index contributed by atoms with van der Waals surface area (Å²) in [6.45, 7) is -0.626. The number of carboxylic acids is 1. The number of thioether (sulfide) groups is 1. The van der Waals surface area contributed by atoms with Crippen molar-refractivity contribution >= 4 is 38.6 Å². The van der Waals surface area contributed by atoms with Crippen molar-refractivity contribution in [3.05, 3.63) is 29.8 Å². The molecule has 1 amide bonds. The molecule has 0 unspecified atom stereocenters. The number of methoxy groups -OCH3 is 1. The molecule has 2 fully saturated rings. The molecule has 2 heterocycles. The average molecular weight is 428 g/mol. The van der Waals surface area contributed by atoms with Crippen molar-refractivity contribution < 1.29 is 32.6 Å². The first kappa shape index (κ1) is 20.6. The number of benzene rings is 1. The average Bonchev–Trinajstić information content (AvgIpc) is 3.07. The molecule has 0 spiro atoms. The summed E-state index contributed by atoms with van der Waals surface area (Å²) in [6, 6.07) is 7.10. The number of nitrogens with zero attached hydrogens (tertiary/aromatic N) is 2. The fourth-order valence-electron chi connectivity index (χ4n) is 3.11. The summed E-state index contributed by atoms with van der Waals surface area (Å²) in [5, 5.41) is 8.81. The van der Waals surface area contributed by atoms with Gasteiger partial charge in [-0.3, -0.25) is 4.79 Å².